The number of imidazole rings is 1. The maximum Gasteiger partial charge on any atom is 0.243 e. The van der Waals surface area contributed by atoms with Crippen LogP contribution < -0.4 is 14.8 Å². The first-order valence-corrected chi connectivity index (χ1v) is 13.6. The molecule has 0 aliphatic carbocycles. The minimum Gasteiger partial charge on any atom is -0.454 e. The fourth-order valence-corrected chi connectivity index (χ4v) is 6.11. The van der Waals surface area contributed by atoms with E-state index in [1.54, 1.807) is 34.6 Å². The topological polar surface area (TPSA) is 103 Å². The van der Waals surface area contributed by atoms with Gasteiger partial charge in [-0.05, 0) is 49.6 Å². The first kappa shape index (κ1) is 23.6. The lowest BCUT2D eigenvalue weighted by Gasteiger charge is -2.15. The van der Waals surface area contributed by atoms with Gasteiger partial charge in [0.15, 0.2) is 11.5 Å². The van der Waals surface area contributed by atoms with Crippen molar-refractivity contribution in [2.45, 2.75) is 56.9 Å². The number of aromatic nitrogens is 2. The van der Waals surface area contributed by atoms with Gasteiger partial charge in [0, 0.05) is 44.2 Å². The van der Waals surface area contributed by atoms with Crippen molar-refractivity contribution in [3.63, 3.8) is 0 Å². The molecule has 0 atom stereocenters. The number of carbonyl (C=O) groups excluding carboxylic acids is 1. The monoisotopic (exact) mass is 498 g/mol. The molecule has 3 aromatic rings. The van der Waals surface area contributed by atoms with E-state index < -0.39 is 10.0 Å². The molecule has 1 saturated heterocycles. The molecule has 5 rings (SSSR count). The van der Waals surface area contributed by atoms with E-state index in [-0.39, 0.29) is 24.0 Å². The highest BCUT2D eigenvalue weighted by Gasteiger charge is 2.28. The van der Waals surface area contributed by atoms with Crippen molar-refractivity contribution < 1.29 is 22.7 Å². The summed E-state index contributed by atoms with van der Waals surface area (Å²) >= 11 is 0. The molecule has 35 heavy (non-hydrogen) atoms. The number of fused-ring (bicyclic) bond motifs is 2. The van der Waals surface area contributed by atoms with E-state index in [9.17, 15) is 13.2 Å². The normalized spacial score (nSPS) is 15.7. The number of benzene rings is 2. The lowest BCUT2D eigenvalue weighted by atomic mass is 10.2. The van der Waals surface area contributed by atoms with Gasteiger partial charge in [-0.25, -0.2) is 13.4 Å². The fourth-order valence-electron chi connectivity index (χ4n) is 4.58. The van der Waals surface area contributed by atoms with E-state index in [0.717, 1.165) is 43.6 Å². The largest absolute Gasteiger partial charge is 0.454 e. The number of hydrogen-bond donors (Lipinski definition) is 1. The van der Waals surface area contributed by atoms with Crippen molar-refractivity contribution in [2.24, 2.45) is 0 Å². The molecule has 1 N–H and O–H groups in total. The number of carbonyl (C=O) groups is 1. The van der Waals surface area contributed by atoms with Gasteiger partial charge in [-0.15, -0.1) is 0 Å². The third-order valence-electron chi connectivity index (χ3n) is 6.47. The SMILES string of the molecule is CCCCn1c(CCC(=O)Nc2ccc3c(c2)OCO3)nc2cc(S(=O)(=O)N3CCCC3)ccc21. The zero-order valence-electron chi connectivity index (χ0n) is 19.8. The molecule has 0 bridgehead atoms. The molecule has 2 aliphatic rings. The zero-order chi connectivity index (χ0) is 24.4. The van der Waals surface area contributed by atoms with E-state index >= 15 is 0 Å². The Morgan fingerprint density at radius 3 is 2.69 bits per heavy atom. The third kappa shape index (κ3) is 4.85. The average molecular weight is 499 g/mol. The van der Waals surface area contributed by atoms with Crippen molar-refractivity contribution in [3.05, 3.63) is 42.2 Å². The number of hydrogen-bond acceptors (Lipinski definition) is 6. The lowest BCUT2D eigenvalue weighted by molar-refractivity contribution is -0.116. The van der Waals surface area contributed by atoms with Crippen LogP contribution in [0.2, 0.25) is 0 Å². The number of nitrogens with one attached hydrogen (secondary N) is 1. The van der Waals surface area contributed by atoms with Crippen LogP contribution in [0.5, 0.6) is 11.5 Å². The maximum absolute atomic E-state index is 13.0. The van der Waals surface area contributed by atoms with Gasteiger partial charge in [-0.1, -0.05) is 13.3 Å². The Bertz CT molecular complexity index is 1350. The Labute approximate surface area is 205 Å². The van der Waals surface area contributed by atoms with Crippen molar-refractivity contribution >= 4 is 32.7 Å². The molecule has 0 saturated carbocycles. The fraction of sp³-hybridized carbons (Fsp3) is 0.440. The van der Waals surface area contributed by atoms with Gasteiger partial charge in [-0.3, -0.25) is 4.79 Å². The first-order valence-electron chi connectivity index (χ1n) is 12.1. The molecule has 3 heterocycles. The molecule has 1 aromatic heterocycles. The van der Waals surface area contributed by atoms with E-state index in [1.807, 2.05) is 6.07 Å². The molecule has 2 aromatic carbocycles. The van der Waals surface area contributed by atoms with Crippen LogP contribution in [0.3, 0.4) is 0 Å². The quantitative estimate of drug-likeness (QED) is 0.480. The second-order valence-electron chi connectivity index (χ2n) is 8.91. The van der Waals surface area contributed by atoms with Gasteiger partial charge < -0.3 is 19.4 Å². The minimum absolute atomic E-state index is 0.129. The van der Waals surface area contributed by atoms with Crippen LogP contribution in [-0.2, 0) is 27.8 Å². The van der Waals surface area contributed by atoms with Gasteiger partial charge in [0.05, 0.1) is 15.9 Å². The molecule has 1 fully saturated rings. The average Bonchev–Trinajstić information content (AvgIpc) is 3.61. The highest BCUT2D eigenvalue weighted by atomic mass is 32.2. The van der Waals surface area contributed by atoms with E-state index in [4.69, 9.17) is 14.5 Å². The van der Waals surface area contributed by atoms with Crippen molar-refractivity contribution in [1.29, 1.82) is 0 Å². The number of nitrogens with zero attached hydrogens (tertiary/aromatic N) is 3. The van der Waals surface area contributed by atoms with Gasteiger partial charge in [0.1, 0.15) is 5.82 Å². The smallest absolute Gasteiger partial charge is 0.243 e. The van der Waals surface area contributed by atoms with E-state index in [2.05, 4.69) is 16.8 Å². The summed E-state index contributed by atoms with van der Waals surface area (Å²) in [5.74, 6) is 1.93. The molecule has 0 radical (unpaired) electrons. The highest BCUT2D eigenvalue weighted by molar-refractivity contribution is 7.89. The molecule has 0 unspecified atom stereocenters. The summed E-state index contributed by atoms with van der Waals surface area (Å²) in [5.41, 5.74) is 2.19. The predicted molar refractivity (Wildman–Crippen MR) is 132 cm³/mol. The summed E-state index contributed by atoms with van der Waals surface area (Å²) in [6, 6.07) is 10.5. The van der Waals surface area contributed by atoms with Gasteiger partial charge >= 0.3 is 0 Å². The summed E-state index contributed by atoms with van der Waals surface area (Å²) in [6.07, 6.45) is 4.48. The van der Waals surface area contributed by atoms with Crippen LogP contribution >= 0.6 is 0 Å². The van der Waals surface area contributed by atoms with Crippen molar-refractivity contribution in [2.75, 3.05) is 25.2 Å². The zero-order valence-corrected chi connectivity index (χ0v) is 20.6. The number of anilines is 1. The third-order valence-corrected chi connectivity index (χ3v) is 8.36. The lowest BCUT2D eigenvalue weighted by Crippen LogP contribution is -2.27. The Kier molecular flexibility index (Phi) is 6.66. The van der Waals surface area contributed by atoms with Gasteiger partial charge in [-0.2, -0.15) is 4.31 Å². The van der Waals surface area contributed by atoms with Crippen molar-refractivity contribution in [3.8, 4) is 11.5 Å². The number of ether oxygens (including phenoxy) is 2. The highest BCUT2D eigenvalue weighted by Crippen LogP contribution is 2.34. The summed E-state index contributed by atoms with van der Waals surface area (Å²) in [5, 5.41) is 2.90. The molecule has 1 amide bonds. The first-order chi connectivity index (χ1) is 17.0. The van der Waals surface area contributed by atoms with Gasteiger partial charge in [0.25, 0.3) is 0 Å². The molecule has 9 nitrogen and oxygen atoms in total. The van der Waals surface area contributed by atoms with Crippen LogP contribution in [0.4, 0.5) is 5.69 Å². The van der Waals surface area contributed by atoms with Crippen LogP contribution in [0.25, 0.3) is 11.0 Å². The molecular formula is C25H30N4O5S. The number of amides is 1. The molecule has 10 heteroatoms. The van der Waals surface area contributed by atoms with E-state index in [0.29, 0.717) is 42.2 Å². The summed E-state index contributed by atoms with van der Waals surface area (Å²) < 4.78 is 40.4. The van der Waals surface area contributed by atoms with Crippen LogP contribution in [0.15, 0.2) is 41.3 Å². The number of rotatable bonds is 9. The minimum atomic E-state index is -3.51. The number of sulfonamides is 1. The summed E-state index contributed by atoms with van der Waals surface area (Å²) in [6.45, 7) is 4.20. The number of aryl methyl sites for hydroxylation is 2. The summed E-state index contributed by atoms with van der Waals surface area (Å²) in [4.78, 5) is 17.7. The standard InChI is InChI=1S/C25H30N4O5S/c1-2-3-14-29-21-8-7-19(35(31,32)28-12-4-5-13-28)16-20(21)27-24(29)10-11-25(30)26-18-6-9-22-23(15-18)34-17-33-22/h6-9,15-16H,2-5,10-14,17H2,1H3,(H,26,30). The van der Waals surface area contributed by atoms with Crippen molar-refractivity contribution in [1.82, 2.24) is 13.9 Å². The number of unbranched alkanes of at least 4 members (excludes halogenated alkanes) is 1. The van der Waals surface area contributed by atoms with Crippen LogP contribution in [0.1, 0.15) is 44.9 Å². The molecule has 2 aliphatic heterocycles. The van der Waals surface area contributed by atoms with Crippen LogP contribution in [0, 0.1) is 0 Å². The maximum atomic E-state index is 13.0. The summed E-state index contributed by atoms with van der Waals surface area (Å²) in [7, 11) is -3.51. The second-order valence-corrected chi connectivity index (χ2v) is 10.8. The second kappa shape index (κ2) is 9.87. The van der Waals surface area contributed by atoms with Crippen LogP contribution in [-0.4, -0.2) is 48.1 Å². The molecular weight excluding hydrogens is 468 g/mol. The molecule has 0 spiro atoms. The predicted octanol–water partition coefficient (Wildman–Crippen LogP) is 3.92. The van der Waals surface area contributed by atoms with Gasteiger partial charge in [0.2, 0.25) is 22.7 Å². The molecule has 186 valence electrons. The van der Waals surface area contributed by atoms with E-state index in [1.165, 1.54) is 0 Å². The Hall–Kier alpha value is -3.11. The Morgan fingerprint density at radius 1 is 1.09 bits per heavy atom. The Balaban J connectivity index is 1.34. The Morgan fingerprint density at radius 2 is 1.89 bits per heavy atom.